The maximum Gasteiger partial charge on any atom is 0.282 e. The van der Waals surface area contributed by atoms with E-state index in [2.05, 4.69) is 10.3 Å². The average molecular weight is 496 g/mol. The number of carbonyl (C=O) groups is 2. The summed E-state index contributed by atoms with van der Waals surface area (Å²) in [6.45, 7) is 0. The number of aliphatic imine (C=N–C) groups is 1. The lowest BCUT2D eigenvalue weighted by molar-refractivity contribution is -0.113. The molecule has 176 valence electrons. The van der Waals surface area contributed by atoms with Crippen LogP contribution in [-0.2, 0) is 4.79 Å². The van der Waals surface area contributed by atoms with Crippen LogP contribution in [0.15, 0.2) is 114 Å². The van der Waals surface area contributed by atoms with Crippen LogP contribution in [0, 0.1) is 5.82 Å². The number of anilines is 2. The van der Waals surface area contributed by atoms with Gasteiger partial charge in [-0.3, -0.25) is 14.5 Å². The van der Waals surface area contributed by atoms with E-state index in [1.54, 1.807) is 30.3 Å². The van der Waals surface area contributed by atoms with Crippen LogP contribution in [0.4, 0.5) is 15.8 Å². The van der Waals surface area contributed by atoms with Crippen LogP contribution in [0.5, 0.6) is 0 Å². The van der Waals surface area contributed by atoms with Crippen LogP contribution in [-0.4, -0.2) is 17.6 Å². The monoisotopic (exact) mass is 495 g/mol. The van der Waals surface area contributed by atoms with Gasteiger partial charge in [0.15, 0.2) is 0 Å². The third kappa shape index (κ3) is 4.80. The Balaban J connectivity index is 1.44. The van der Waals surface area contributed by atoms with Gasteiger partial charge in [0.1, 0.15) is 17.3 Å². The van der Waals surface area contributed by atoms with E-state index in [0.29, 0.717) is 28.5 Å². The number of hydrogen-bond donors (Lipinski definition) is 1. The van der Waals surface area contributed by atoms with Crippen LogP contribution in [0.1, 0.15) is 21.5 Å². The maximum absolute atomic E-state index is 13.4. The van der Waals surface area contributed by atoms with Crippen molar-refractivity contribution < 1.29 is 14.0 Å². The van der Waals surface area contributed by atoms with E-state index in [-0.39, 0.29) is 10.9 Å². The average Bonchev–Trinajstić information content (AvgIpc) is 3.23. The molecule has 5 nitrogen and oxygen atoms in total. The van der Waals surface area contributed by atoms with Crippen LogP contribution >= 0.6 is 11.6 Å². The van der Waals surface area contributed by atoms with Gasteiger partial charge in [-0.25, -0.2) is 9.38 Å². The third-order valence-corrected chi connectivity index (χ3v) is 5.85. The van der Waals surface area contributed by atoms with E-state index < -0.39 is 11.7 Å². The number of nitrogens with one attached hydrogen (secondary N) is 1. The zero-order chi connectivity index (χ0) is 25.1. The summed E-state index contributed by atoms with van der Waals surface area (Å²) >= 11 is 5.80. The number of halogens is 2. The van der Waals surface area contributed by atoms with Crippen LogP contribution < -0.4 is 10.2 Å². The molecule has 0 saturated carbocycles. The Morgan fingerprint density at radius 2 is 1.56 bits per heavy atom. The molecule has 36 heavy (non-hydrogen) atoms. The van der Waals surface area contributed by atoms with Gasteiger partial charge in [-0.05, 0) is 54.1 Å². The molecule has 1 aliphatic heterocycles. The summed E-state index contributed by atoms with van der Waals surface area (Å²) in [5.41, 5.74) is 3.28. The normalized spacial score (nSPS) is 14.2. The highest BCUT2D eigenvalue weighted by molar-refractivity contribution is 6.33. The van der Waals surface area contributed by atoms with E-state index in [1.165, 1.54) is 23.1 Å². The highest BCUT2D eigenvalue weighted by atomic mass is 35.5. The minimum atomic E-state index is -0.564. The van der Waals surface area contributed by atoms with Crippen LogP contribution in [0.25, 0.3) is 6.08 Å². The van der Waals surface area contributed by atoms with Crippen molar-refractivity contribution in [1.82, 2.24) is 0 Å². The van der Waals surface area contributed by atoms with Crippen molar-refractivity contribution in [2.75, 3.05) is 10.2 Å². The molecule has 4 aromatic rings. The Morgan fingerprint density at radius 1 is 0.889 bits per heavy atom. The molecular weight excluding hydrogens is 477 g/mol. The number of amidine groups is 1. The van der Waals surface area contributed by atoms with Gasteiger partial charge in [0, 0.05) is 16.8 Å². The summed E-state index contributed by atoms with van der Waals surface area (Å²) in [6.07, 6.45) is 1.75. The first-order chi connectivity index (χ1) is 17.5. The number of nitrogens with zero attached hydrogens (tertiary/aromatic N) is 2. The van der Waals surface area contributed by atoms with Gasteiger partial charge in [-0.2, -0.15) is 0 Å². The van der Waals surface area contributed by atoms with Crippen molar-refractivity contribution in [3.8, 4) is 0 Å². The molecular formula is C29H19ClFN3O2. The van der Waals surface area contributed by atoms with Gasteiger partial charge in [-0.15, -0.1) is 0 Å². The molecule has 2 amide bonds. The molecule has 4 aromatic carbocycles. The van der Waals surface area contributed by atoms with Crippen molar-refractivity contribution in [1.29, 1.82) is 0 Å². The molecule has 0 spiro atoms. The summed E-state index contributed by atoms with van der Waals surface area (Å²) in [5.74, 6) is -0.721. The molecule has 1 aliphatic rings. The van der Waals surface area contributed by atoms with E-state index in [1.807, 2.05) is 60.7 Å². The van der Waals surface area contributed by atoms with Crippen molar-refractivity contribution in [3.05, 3.63) is 136 Å². The standard InChI is InChI=1S/C29H19ClFN3O2/c30-24-18-22(13-16-25(24)31)32-28(35)21-11-14-23(15-12-21)34-27(20-9-5-2-6-10-20)33-26(29(34)36)17-19-7-3-1-4-8-19/h1-18H,(H,32,35)/b26-17-. The zero-order valence-electron chi connectivity index (χ0n) is 18.9. The number of amides is 2. The summed E-state index contributed by atoms with van der Waals surface area (Å²) in [6, 6.07) is 29.5. The lowest BCUT2D eigenvalue weighted by Crippen LogP contribution is -2.32. The molecule has 0 bridgehead atoms. The highest BCUT2D eigenvalue weighted by Crippen LogP contribution is 2.28. The second-order valence-corrected chi connectivity index (χ2v) is 8.42. The van der Waals surface area contributed by atoms with Gasteiger partial charge >= 0.3 is 0 Å². The second kappa shape index (κ2) is 9.98. The molecule has 0 unspecified atom stereocenters. The molecule has 1 N–H and O–H groups in total. The predicted octanol–water partition coefficient (Wildman–Crippen LogP) is 6.57. The van der Waals surface area contributed by atoms with Crippen molar-refractivity contribution in [3.63, 3.8) is 0 Å². The molecule has 0 aliphatic carbocycles. The first kappa shape index (κ1) is 23.2. The zero-order valence-corrected chi connectivity index (χ0v) is 19.6. The minimum Gasteiger partial charge on any atom is -0.322 e. The first-order valence-electron chi connectivity index (χ1n) is 11.1. The van der Waals surface area contributed by atoms with E-state index >= 15 is 0 Å². The lowest BCUT2D eigenvalue weighted by atomic mass is 10.1. The molecule has 0 atom stereocenters. The maximum atomic E-state index is 13.4. The number of carbonyl (C=O) groups excluding carboxylic acids is 2. The van der Waals surface area contributed by atoms with E-state index in [9.17, 15) is 14.0 Å². The Labute approximate surface area is 212 Å². The lowest BCUT2D eigenvalue weighted by Gasteiger charge is -2.19. The van der Waals surface area contributed by atoms with Crippen molar-refractivity contribution in [2.45, 2.75) is 0 Å². The predicted molar refractivity (Wildman–Crippen MR) is 141 cm³/mol. The Hall–Kier alpha value is -4.55. The SMILES string of the molecule is O=C(Nc1ccc(F)c(Cl)c1)c1ccc(N2C(=O)/C(=C/c3ccccc3)N=C2c2ccccc2)cc1. The third-order valence-electron chi connectivity index (χ3n) is 5.56. The number of benzene rings is 4. The smallest absolute Gasteiger partial charge is 0.282 e. The highest BCUT2D eigenvalue weighted by Gasteiger charge is 2.32. The van der Waals surface area contributed by atoms with E-state index in [4.69, 9.17) is 11.6 Å². The summed E-state index contributed by atoms with van der Waals surface area (Å²) in [5, 5.41) is 2.61. The number of hydrogen-bond acceptors (Lipinski definition) is 3. The van der Waals surface area contributed by atoms with Gasteiger partial charge < -0.3 is 5.32 Å². The van der Waals surface area contributed by atoms with Gasteiger partial charge in [0.2, 0.25) is 0 Å². The fourth-order valence-electron chi connectivity index (χ4n) is 3.78. The first-order valence-corrected chi connectivity index (χ1v) is 11.5. The van der Waals surface area contributed by atoms with Gasteiger partial charge in [-0.1, -0.05) is 72.3 Å². The molecule has 7 heteroatoms. The van der Waals surface area contributed by atoms with Crippen molar-refractivity contribution in [2.24, 2.45) is 4.99 Å². The second-order valence-electron chi connectivity index (χ2n) is 8.01. The molecule has 1 heterocycles. The summed E-state index contributed by atoms with van der Waals surface area (Å²) < 4.78 is 13.4. The Morgan fingerprint density at radius 3 is 2.22 bits per heavy atom. The van der Waals surface area contributed by atoms with Crippen molar-refractivity contribution >= 4 is 46.7 Å². The number of rotatable bonds is 5. The molecule has 5 rings (SSSR count). The molecule has 0 saturated heterocycles. The Bertz CT molecular complexity index is 1500. The van der Waals surface area contributed by atoms with Gasteiger partial charge in [0.05, 0.1) is 10.7 Å². The topological polar surface area (TPSA) is 61.8 Å². The summed E-state index contributed by atoms with van der Waals surface area (Å²) in [7, 11) is 0. The molecule has 0 fully saturated rings. The quantitative estimate of drug-likeness (QED) is 0.318. The fourth-order valence-corrected chi connectivity index (χ4v) is 3.96. The van der Waals surface area contributed by atoms with E-state index in [0.717, 1.165) is 11.1 Å². The fraction of sp³-hybridized carbons (Fsp3) is 0. The minimum absolute atomic E-state index is 0.0808. The van der Waals surface area contributed by atoms with Gasteiger partial charge in [0.25, 0.3) is 11.8 Å². The molecule has 0 radical (unpaired) electrons. The summed E-state index contributed by atoms with van der Waals surface area (Å²) in [4.78, 5) is 32.3. The molecule has 0 aromatic heterocycles. The van der Waals surface area contributed by atoms with Crippen LogP contribution in [0.2, 0.25) is 5.02 Å². The Kier molecular flexibility index (Phi) is 6.43. The van der Waals surface area contributed by atoms with Crippen LogP contribution in [0.3, 0.4) is 0 Å². The largest absolute Gasteiger partial charge is 0.322 e.